The average molecular weight is 246 g/mol. The molecule has 2 unspecified atom stereocenters. The Morgan fingerprint density at radius 3 is 2.44 bits per heavy atom. The Morgan fingerprint density at radius 2 is 1.94 bits per heavy atom. The van der Waals surface area contributed by atoms with Crippen LogP contribution in [0.25, 0.3) is 0 Å². The van der Waals surface area contributed by atoms with Crippen LogP contribution in [-0.4, -0.2) is 24.5 Å². The molecule has 18 heavy (non-hydrogen) atoms. The molecule has 2 N–H and O–H groups in total. The number of rotatable bonds is 6. The highest BCUT2D eigenvalue weighted by Crippen LogP contribution is 2.29. The van der Waals surface area contributed by atoms with Crippen LogP contribution < -0.4 is 5.73 Å². The van der Waals surface area contributed by atoms with Crippen molar-refractivity contribution in [3.8, 4) is 0 Å². The van der Waals surface area contributed by atoms with Gasteiger partial charge < -0.3 is 10.6 Å². The zero-order valence-electron chi connectivity index (χ0n) is 11.7. The molecule has 1 saturated carbocycles. The second-order valence-corrected chi connectivity index (χ2v) is 5.65. The van der Waals surface area contributed by atoms with Crippen molar-refractivity contribution >= 4 is 0 Å². The van der Waals surface area contributed by atoms with E-state index < -0.39 is 0 Å². The fraction of sp³-hybridized carbons (Fsp3) is 0.625. The molecule has 0 amide bonds. The van der Waals surface area contributed by atoms with Gasteiger partial charge in [0.2, 0.25) is 0 Å². The first-order chi connectivity index (χ1) is 8.72. The maximum Gasteiger partial charge on any atom is 0.0452 e. The van der Waals surface area contributed by atoms with Gasteiger partial charge in [0.15, 0.2) is 0 Å². The fourth-order valence-corrected chi connectivity index (χ4v) is 2.96. The van der Waals surface area contributed by atoms with Crippen molar-refractivity contribution in [2.45, 2.75) is 44.7 Å². The van der Waals surface area contributed by atoms with Gasteiger partial charge in [0.25, 0.3) is 0 Å². The Morgan fingerprint density at radius 1 is 1.28 bits per heavy atom. The Labute approximate surface area is 111 Å². The SMILES string of the molecule is CCC(C(N)c1ccccc1)N(C)CC1CCC1. The summed E-state index contributed by atoms with van der Waals surface area (Å²) in [5, 5.41) is 0. The minimum absolute atomic E-state index is 0.126. The molecule has 2 nitrogen and oxygen atoms in total. The van der Waals surface area contributed by atoms with Crippen LogP contribution in [0.2, 0.25) is 0 Å². The summed E-state index contributed by atoms with van der Waals surface area (Å²) in [5.41, 5.74) is 7.70. The lowest BCUT2D eigenvalue weighted by atomic mass is 9.84. The van der Waals surface area contributed by atoms with E-state index in [9.17, 15) is 0 Å². The number of benzene rings is 1. The molecule has 0 aliphatic heterocycles. The van der Waals surface area contributed by atoms with E-state index in [1.165, 1.54) is 31.4 Å². The van der Waals surface area contributed by atoms with E-state index in [1.807, 2.05) is 0 Å². The molecule has 0 bridgehead atoms. The van der Waals surface area contributed by atoms with Crippen LogP contribution in [0.3, 0.4) is 0 Å². The molecule has 2 heteroatoms. The van der Waals surface area contributed by atoms with Crippen LogP contribution in [0, 0.1) is 5.92 Å². The lowest BCUT2D eigenvalue weighted by Gasteiger charge is -2.37. The molecule has 2 atom stereocenters. The average Bonchev–Trinajstić information content (AvgIpc) is 2.35. The van der Waals surface area contributed by atoms with Gasteiger partial charge in [-0.25, -0.2) is 0 Å². The molecule has 0 spiro atoms. The van der Waals surface area contributed by atoms with E-state index in [0.717, 1.165) is 12.3 Å². The maximum atomic E-state index is 6.44. The molecule has 100 valence electrons. The second kappa shape index (κ2) is 6.35. The Balaban J connectivity index is 1.98. The minimum Gasteiger partial charge on any atom is -0.323 e. The van der Waals surface area contributed by atoms with Crippen molar-refractivity contribution in [3.63, 3.8) is 0 Å². The molecule has 1 aliphatic carbocycles. The molecule has 2 rings (SSSR count). The largest absolute Gasteiger partial charge is 0.323 e. The quantitative estimate of drug-likeness (QED) is 0.835. The van der Waals surface area contributed by atoms with Gasteiger partial charge in [0.1, 0.15) is 0 Å². The minimum atomic E-state index is 0.126. The summed E-state index contributed by atoms with van der Waals surface area (Å²) in [7, 11) is 2.23. The third-order valence-electron chi connectivity index (χ3n) is 4.35. The Kier molecular flexibility index (Phi) is 4.79. The molecule has 0 saturated heterocycles. The molecule has 1 aromatic carbocycles. The summed E-state index contributed by atoms with van der Waals surface area (Å²) in [4.78, 5) is 2.47. The highest BCUT2D eigenvalue weighted by molar-refractivity contribution is 5.20. The van der Waals surface area contributed by atoms with E-state index in [1.54, 1.807) is 0 Å². The van der Waals surface area contributed by atoms with Crippen molar-refractivity contribution in [1.82, 2.24) is 4.90 Å². The van der Waals surface area contributed by atoms with Crippen LogP contribution in [0.4, 0.5) is 0 Å². The summed E-state index contributed by atoms with van der Waals surface area (Å²) in [6.45, 7) is 3.45. The molecular formula is C16H26N2. The van der Waals surface area contributed by atoms with Gasteiger partial charge in [-0.2, -0.15) is 0 Å². The van der Waals surface area contributed by atoms with Crippen molar-refractivity contribution < 1.29 is 0 Å². The van der Waals surface area contributed by atoms with E-state index in [0.29, 0.717) is 6.04 Å². The zero-order valence-corrected chi connectivity index (χ0v) is 11.7. The fourth-order valence-electron chi connectivity index (χ4n) is 2.96. The van der Waals surface area contributed by atoms with Gasteiger partial charge in [0, 0.05) is 18.6 Å². The van der Waals surface area contributed by atoms with E-state index in [2.05, 4.69) is 49.2 Å². The Hall–Kier alpha value is -0.860. The van der Waals surface area contributed by atoms with Gasteiger partial charge in [-0.3, -0.25) is 0 Å². The van der Waals surface area contributed by atoms with E-state index >= 15 is 0 Å². The van der Waals surface area contributed by atoms with Gasteiger partial charge in [-0.15, -0.1) is 0 Å². The van der Waals surface area contributed by atoms with Crippen molar-refractivity contribution in [1.29, 1.82) is 0 Å². The standard InChI is InChI=1S/C16H26N2/c1-3-15(18(2)12-13-8-7-9-13)16(17)14-10-5-4-6-11-14/h4-6,10-11,13,15-16H,3,7-9,12,17H2,1-2H3. The summed E-state index contributed by atoms with van der Waals surface area (Å²) in [6, 6.07) is 11.1. The van der Waals surface area contributed by atoms with Gasteiger partial charge in [-0.05, 0) is 37.8 Å². The number of hydrogen-bond donors (Lipinski definition) is 1. The molecule has 0 heterocycles. The predicted molar refractivity (Wildman–Crippen MR) is 77.4 cm³/mol. The topological polar surface area (TPSA) is 29.3 Å². The predicted octanol–water partition coefficient (Wildman–Crippen LogP) is 3.20. The third-order valence-corrected chi connectivity index (χ3v) is 4.35. The molecular weight excluding hydrogens is 220 g/mol. The van der Waals surface area contributed by atoms with Crippen LogP contribution in [0.15, 0.2) is 30.3 Å². The summed E-state index contributed by atoms with van der Waals surface area (Å²) < 4.78 is 0. The van der Waals surface area contributed by atoms with Crippen LogP contribution >= 0.6 is 0 Å². The zero-order chi connectivity index (χ0) is 13.0. The van der Waals surface area contributed by atoms with Gasteiger partial charge in [-0.1, -0.05) is 43.7 Å². The summed E-state index contributed by atoms with van der Waals surface area (Å²) in [5.74, 6) is 0.909. The number of nitrogens with zero attached hydrogens (tertiary/aromatic N) is 1. The van der Waals surface area contributed by atoms with Crippen molar-refractivity contribution in [2.75, 3.05) is 13.6 Å². The number of hydrogen-bond acceptors (Lipinski definition) is 2. The van der Waals surface area contributed by atoms with Crippen molar-refractivity contribution in [2.24, 2.45) is 11.7 Å². The van der Waals surface area contributed by atoms with Crippen LogP contribution in [0.5, 0.6) is 0 Å². The Bertz CT molecular complexity index is 345. The summed E-state index contributed by atoms with van der Waals surface area (Å²) >= 11 is 0. The molecule has 0 aromatic heterocycles. The van der Waals surface area contributed by atoms with Crippen LogP contribution in [-0.2, 0) is 0 Å². The highest BCUT2D eigenvalue weighted by atomic mass is 15.1. The summed E-state index contributed by atoms with van der Waals surface area (Å²) in [6.07, 6.45) is 5.34. The van der Waals surface area contributed by atoms with Crippen molar-refractivity contribution in [3.05, 3.63) is 35.9 Å². The van der Waals surface area contributed by atoms with E-state index in [4.69, 9.17) is 5.73 Å². The lowest BCUT2D eigenvalue weighted by Crippen LogP contribution is -2.43. The third kappa shape index (κ3) is 3.12. The molecule has 1 aliphatic rings. The lowest BCUT2D eigenvalue weighted by molar-refractivity contribution is 0.142. The first-order valence-corrected chi connectivity index (χ1v) is 7.23. The van der Waals surface area contributed by atoms with Crippen LogP contribution in [0.1, 0.15) is 44.2 Å². The normalized spacial score (nSPS) is 19.6. The number of likely N-dealkylation sites (N-methyl/N-ethyl adjacent to an activating group) is 1. The maximum absolute atomic E-state index is 6.44. The molecule has 0 radical (unpaired) electrons. The highest BCUT2D eigenvalue weighted by Gasteiger charge is 2.26. The first kappa shape index (κ1) is 13.6. The van der Waals surface area contributed by atoms with Gasteiger partial charge >= 0.3 is 0 Å². The second-order valence-electron chi connectivity index (χ2n) is 5.65. The monoisotopic (exact) mass is 246 g/mol. The van der Waals surface area contributed by atoms with Gasteiger partial charge in [0.05, 0.1) is 0 Å². The molecule has 1 aromatic rings. The smallest absolute Gasteiger partial charge is 0.0452 e. The number of nitrogens with two attached hydrogens (primary N) is 1. The molecule has 1 fully saturated rings. The van der Waals surface area contributed by atoms with E-state index in [-0.39, 0.29) is 6.04 Å². The first-order valence-electron chi connectivity index (χ1n) is 7.23.